The first-order valence-corrected chi connectivity index (χ1v) is 6.82. The summed E-state index contributed by atoms with van der Waals surface area (Å²) in [5.41, 5.74) is 7.31. The van der Waals surface area contributed by atoms with Gasteiger partial charge in [-0.2, -0.15) is 0 Å². The van der Waals surface area contributed by atoms with Crippen molar-refractivity contribution in [2.24, 2.45) is 5.73 Å². The quantitative estimate of drug-likeness (QED) is 0.872. The maximum absolute atomic E-state index is 5.97. The van der Waals surface area contributed by atoms with Gasteiger partial charge in [-0.1, -0.05) is 51.2 Å². The van der Waals surface area contributed by atoms with E-state index in [-0.39, 0.29) is 10.4 Å². The lowest BCUT2D eigenvalue weighted by atomic mass is 9.86. The Balaban J connectivity index is 2.36. The van der Waals surface area contributed by atoms with Crippen molar-refractivity contribution in [3.8, 4) is 11.5 Å². The highest BCUT2D eigenvalue weighted by atomic mass is 32.1. The summed E-state index contributed by atoms with van der Waals surface area (Å²) in [5.74, 6) is 1.51. The number of thiocarbonyl (C=S) groups is 1. The van der Waals surface area contributed by atoms with Crippen molar-refractivity contribution in [3.05, 3.63) is 53.9 Å². The van der Waals surface area contributed by atoms with E-state index >= 15 is 0 Å². The highest BCUT2D eigenvalue weighted by molar-refractivity contribution is 7.80. The lowest BCUT2D eigenvalue weighted by Crippen LogP contribution is -2.13. The Labute approximate surface area is 124 Å². The largest absolute Gasteiger partial charge is 0.457 e. The fourth-order valence-electron chi connectivity index (χ4n) is 1.91. The van der Waals surface area contributed by atoms with E-state index in [1.54, 1.807) is 18.3 Å². The van der Waals surface area contributed by atoms with E-state index < -0.39 is 0 Å². The molecule has 1 aromatic carbocycles. The Kier molecular flexibility index (Phi) is 4.04. The summed E-state index contributed by atoms with van der Waals surface area (Å²) < 4.78 is 5.97. The van der Waals surface area contributed by atoms with Crippen molar-refractivity contribution < 1.29 is 4.74 Å². The molecule has 0 bridgehead atoms. The number of benzene rings is 1. The number of hydrogen-bond acceptors (Lipinski definition) is 3. The maximum atomic E-state index is 5.97. The molecule has 0 atom stereocenters. The SMILES string of the molecule is CC(C)(C)c1ccccc1Oc1ccnc(C(N)=S)c1. The zero-order valence-electron chi connectivity index (χ0n) is 11.9. The molecule has 0 spiro atoms. The number of hydrogen-bond donors (Lipinski definition) is 1. The van der Waals surface area contributed by atoms with Crippen LogP contribution in [0.2, 0.25) is 0 Å². The predicted molar refractivity (Wildman–Crippen MR) is 85.3 cm³/mol. The Bertz CT molecular complexity index is 632. The molecule has 20 heavy (non-hydrogen) atoms. The van der Waals surface area contributed by atoms with Crippen LogP contribution in [0.1, 0.15) is 32.0 Å². The van der Waals surface area contributed by atoms with Gasteiger partial charge in [0, 0.05) is 17.8 Å². The van der Waals surface area contributed by atoms with Crippen molar-refractivity contribution in [3.63, 3.8) is 0 Å². The number of para-hydroxylation sites is 1. The predicted octanol–water partition coefficient (Wildman–Crippen LogP) is 3.81. The number of rotatable bonds is 3. The van der Waals surface area contributed by atoms with Crippen molar-refractivity contribution in [2.45, 2.75) is 26.2 Å². The fraction of sp³-hybridized carbons (Fsp3) is 0.250. The summed E-state index contributed by atoms with van der Waals surface area (Å²) in [7, 11) is 0. The van der Waals surface area contributed by atoms with Gasteiger partial charge in [0.25, 0.3) is 0 Å². The van der Waals surface area contributed by atoms with Crippen LogP contribution in [-0.2, 0) is 5.41 Å². The molecule has 0 unspecified atom stereocenters. The first-order chi connectivity index (χ1) is 9.38. The second-order valence-corrected chi connectivity index (χ2v) is 6.03. The van der Waals surface area contributed by atoms with Gasteiger partial charge in [-0.05, 0) is 17.5 Å². The Morgan fingerprint density at radius 3 is 2.55 bits per heavy atom. The zero-order chi connectivity index (χ0) is 14.8. The monoisotopic (exact) mass is 286 g/mol. The van der Waals surface area contributed by atoms with Gasteiger partial charge in [-0.15, -0.1) is 0 Å². The number of nitrogens with two attached hydrogens (primary N) is 1. The molecule has 0 amide bonds. The molecule has 1 aromatic heterocycles. The molecule has 2 aromatic rings. The summed E-state index contributed by atoms with van der Waals surface area (Å²) in [6.07, 6.45) is 1.64. The molecule has 0 fully saturated rings. The Morgan fingerprint density at radius 1 is 1.20 bits per heavy atom. The first-order valence-electron chi connectivity index (χ1n) is 6.41. The number of ether oxygens (including phenoxy) is 1. The third kappa shape index (κ3) is 3.33. The summed E-state index contributed by atoms with van der Waals surface area (Å²) >= 11 is 4.93. The lowest BCUT2D eigenvalue weighted by molar-refractivity contribution is 0.454. The van der Waals surface area contributed by atoms with Gasteiger partial charge in [0.05, 0.1) is 0 Å². The van der Waals surface area contributed by atoms with Gasteiger partial charge in [0.2, 0.25) is 0 Å². The average Bonchev–Trinajstić information content (AvgIpc) is 2.38. The van der Waals surface area contributed by atoms with Crippen LogP contribution < -0.4 is 10.5 Å². The summed E-state index contributed by atoms with van der Waals surface area (Å²) in [4.78, 5) is 4.37. The standard InChI is InChI=1S/C16H18N2OS/c1-16(2,3)12-6-4-5-7-14(12)19-11-8-9-18-13(10-11)15(17)20/h4-10H,1-3H3,(H2,17,20). The minimum Gasteiger partial charge on any atom is -0.457 e. The van der Waals surface area contributed by atoms with Crippen LogP contribution in [0.5, 0.6) is 11.5 Å². The highest BCUT2D eigenvalue weighted by Gasteiger charge is 2.18. The van der Waals surface area contributed by atoms with Crippen LogP contribution in [0.15, 0.2) is 42.6 Å². The van der Waals surface area contributed by atoms with Gasteiger partial charge in [0.1, 0.15) is 22.2 Å². The lowest BCUT2D eigenvalue weighted by Gasteiger charge is -2.22. The third-order valence-corrected chi connectivity index (χ3v) is 3.12. The van der Waals surface area contributed by atoms with Crippen molar-refractivity contribution in [1.29, 1.82) is 0 Å². The van der Waals surface area contributed by atoms with E-state index in [9.17, 15) is 0 Å². The molecular weight excluding hydrogens is 268 g/mol. The molecule has 0 aliphatic heterocycles. The van der Waals surface area contributed by atoms with Crippen LogP contribution in [0.3, 0.4) is 0 Å². The molecule has 0 saturated carbocycles. The van der Waals surface area contributed by atoms with E-state index in [0.717, 1.165) is 11.3 Å². The topological polar surface area (TPSA) is 48.1 Å². The second kappa shape index (κ2) is 5.59. The van der Waals surface area contributed by atoms with E-state index in [1.807, 2.05) is 18.2 Å². The van der Waals surface area contributed by atoms with Crippen molar-refractivity contribution >= 4 is 17.2 Å². The smallest absolute Gasteiger partial charge is 0.131 e. The summed E-state index contributed by atoms with van der Waals surface area (Å²) in [5, 5.41) is 0. The fourth-order valence-corrected chi connectivity index (χ4v) is 2.02. The van der Waals surface area contributed by atoms with Gasteiger partial charge in [-0.25, -0.2) is 0 Å². The first kappa shape index (κ1) is 14.5. The van der Waals surface area contributed by atoms with Crippen molar-refractivity contribution in [1.82, 2.24) is 4.98 Å². The molecule has 3 nitrogen and oxygen atoms in total. The van der Waals surface area contributed by atoms with Gasteiger partial charge < -0.3 is 10.5 Å². The summed E-state index contributed by atoms with van der Waals surface area (Å²) in [6, 6.07) is 11.6. The Hall–Kier alpha value is -1.94. The minimum atomic E-state index is 0.00955. The van der Waals surface area contributed by atoms with Gasteiger partial charge in [0.15, 0.2) is 0 Å². The van der Waals surface area contributed by atoms with E-state index in [2.05, 4.69) is 31.8 Å². The van der Waals surface area contributed by atoms with Crippen LogP contribution in [0, 0.1) is 0 Å². The van der Waals surface area contributed by atoms with Crippen LogP contribution in [0.25, 0.3) is 0 Å². The minimum absolute atomic E-state index is 0.00955. The molecule has 4 heteroatoms. The molecule has 0 saturated heterocycles. The third-order valence-electron chi connectivity index (χ3n) is 2.91. The van der Waals surface area contributed by atoms with Crippen LogP contribution in [-0.4, -0.2) is 9.97 Å². The van der Waals surface area contributed by atoms with Crippen molar-refractivity contribution in [2.75, 3.05) is 0 Å². The highest BCUT2D eigenvalue weighted by Crippen LogP contribution is 2.33. The Morgan fingerprint density at radius 2 is 1.90 bits per heavy atom. The van der Waals surface area contributed by atoms with E-state index in [4.69, 9.17) is 22.7 Å². The van der Waals surface area contributed by atoms with Gasteiger partial charge in [-0.3, -0.25) is 4.98 Å². The zero-order valence-corrected chi connectivity index (χ0v) is 12.7. The molecule has 1 heterocycles. The summed E-state index contributed by atoms with van der Waals surface area (Å²) in [6.45, 7) is 6.46. The van der Waals surface area contributed by atoms with Crippen LogP contribution in [0.4, 0.5) is 0 Å². The average molecular weight is 286 g/mol. The molecule has 104 valence electrons. The molecule has 0 aliphatic rings. The molecule has 0 radical (unpaired) electrons. The molecular formula is C16H18N2OS. The molecule has 0 aliphatic carbocycles. The second-order valence-electron chi connectivity index (χ2n) is 5.59. The van der Waals surface area contributed by atoms with E-state index in [0.29, 0.717) is 11.4 Å². The number of aromatic nitrogens is 1. The maximum Gasteiger partial charge on any atom is 0.131 e. The molecule has 2 N–H and O–H groups in total. The van der Waals surface area contributed by atoms with E-state index in [1.165, 1.54) is 0 Å². The molecule has 2 rings (SSSR count). The number of nitrogens with zero attached hydrogens (tertiary/aromatic N) is 1. The van der Waals surface area contributed by atoms with Crippen LogP contribution >= 0.6 is 12.2 Å². The normalized spacial score (nSPS) is 11.2. The van der Waals surface area contributed by atoms with Gasteiger partial charge >= 0.3 is 0 Å². The number of pyridine rings is 1.